The molecule has 0 amide bonds. The van der Waals surface area contributed by atoms with Crippen LogP contribution in [-0.4, -0.2) is 36.6 Å². The SMILES string of the molecule is CCN1CCC(NC(C)C2CCCC2)CC1. The normalized spacial score (nSPS) is 27.4. The van der Waals surface area contributed by atoms with E-state index in [0.717, 1.165) is 18.0 Å². The summed E-state index contributed by atoms with van der Waals surface area (Å²) in [7, 11) is 0. The Morgan fingerprint density at radius 1 is 1.12 bits per heavy atom. The molecule has 0 aromatic rings. The molecule has 2 rings (SSSR count). The summed E-state index contributed by atoms with van der Waals surface area (Å²) in [6.45, 7) is 8.50. The Morgan fingerprint density at radius 2 is 1.75 bits per heavy atom. The van der Waals surface area contributed by atoms with Gasteiger partial charge in [-0.1, -0.05) is 19.8 Å². The molecule has 0 aromatic carbocycles. The zero-order chi connectivity index (χ0) is 11.4. The monoisotopic (exact) mass is 224 g/mol. The van der Waals surface area contributed by atoms with Crippen molar-refractivity contribution in [1.82, 2.24) is 10.2 Å². The van der Waals surface area contributed by atoms with Crippen LogP contribution < -0.4 is 5.32 Å². The van der Waals surface area contributed by atoms with Crippen molar-refractivity contribution >= 4 is 0 Å². The Kier molecular flexibility index (Phi) is 4.66. The van der Waals surface area contributed by atoms with Crippen LogP contribution in [0.2, 0.25) is 0 Å². The molecule has 94 valence electrons. The highest BCUT2D eigenvalue weighted by Crippen LogP contribution is 2.28. The molecule has 2 heteroatoms. The van der Waals surface area contributed by atoms with Gasteiger partial charge in [-0.25, -0.2) is 0 Å². The van der Waals surface area contributed by atoms with Crippen molar-refractivity contribution < 1.29 is 0 Å². The molecule has 2 nitrogen and oxygen atoms in total. The summed E-state index contributed by atoms with van der Waals surface area (Å²) in [6, 6.07) is 1.54. The Hall–Kier alpha value is -0.0800. The Balaban J connectivity index is 1.69. The van der Waals surface area contributed by atoms with Gasteiger partial charge in [0.25, 0.3) is 0 Å². The van der Waals surface area contributed by atoms with Gasteiger partial charge in [0.05, 0.1) is 0 Å². The van der Waals surface area contributed by atoms with Crippen LogP contribution in [0.4, 0.5) is 0 Å². The minimum absolute atomic E-state index is 0.751. The number of rotatable bonds is 4. The van der Waals surface area contributed by atoms with E-state index in [1.807, 2.05) is 0 Å². The summed E-state index contributed by atoms with van der Waals surface area (Å²) < 4.78 is 0. The van der Waals surface area contributed by atoms with Crippen molar-refractivity contribution in [3.63, 3.8) is 0 Å². The molecule has 2 fully saturated rings. The predicted molar refractivity (Wildman–Crippen MR) is 69.7 cm³/mol. The molecule has 1 aliphatic carbocycles. The summed E-state index contributed by atoms with van der Waals surface area (Å²) >= 11 is 0. The topological polar surface area (TPSA) is 15.3 Å². The summed E-state index contributed by atoms with van der Waals surface area (Å²) in [5, 5.41) is 3.88. The molecule has 2 aliphatic rings. The molecular formula is C14H28N2. The third kappa shape index (κ3) is 3.21. The van der Waals surface area contributed by atoms with Crippen LogP contribution in [0, 0.1) is 5.92 Å². The highest BCUT2D eigenvalue weighted by Gasteiger charge is 2.25. The first-order chi connectivity index (χ1) is 7.79. The molecule has 1 N–H and O–H groups in total. The lowest BCUT2D eigenvalue weighted by Crippen LogP contribution is -2.47. The van der Waals surface area contributed by atoms with Gasteiger partial charge in [0.15, 0.2) is 0 Å². The van der Waals surface area contributed by atoms with Gasteiger partial charge in [-0.05, 0) is 58.2 Å². The lowest BCUT2D eigenvalue weighted by Gasteiger charge is -2.34. The smallest absolute Gasteiger partial charge is 0.00940 e. The maximum Gasteiger partial charge on any atom is 0.00940 e. The minimum atomic E-state index is 0.751. The van der Waals surface area contributed by atoms with Gasteiger partial charge in [-0.3, -0.25) is 0 Å². The number of piperidine rings is 1. The average Bonchev–Trinajstić information content (AvgIpc) is 2.83. The number of likely N-dealkylation sites (tertiary alicyclic amines) is 1. The van der Waals surface area contributed by atoms with Gasteiger partial charge in [0.1, 0.15) is 0 Å². The molecule has 1 atom stereocenters. The summed E-state index contributed by atoms with van der Waals surface area (Å²) in [5.41, 5.74) is 0. The van der Waals surface area contributed by atoms with Gasteiger partial charge >= 0.3 is 0 Å². The number of hydrogen-bond donors (Lipinski definition) is 1. The van der Waals surface area contributed by atoms with E-state index in [1.165, 1.54) is 58.2 Å². The molecule has 0 spiro atoms. The van der Waals surface area contributed by atoms with Gasteiger partial charge in [0, 0.05) is 12.1 Å². The van der Waals surface area contributed by atoms with E-state index < -0.39 is 0 Å². The zero-order valence-electron chi connectivity index (χ0n) is 11.0. The first kappa shape index (κ1) is 12.4. The van der Waals surface area contributed by atoms with Crippen LogP contribution in [0.1, 0.15) is 52.4 Å². The molecule has 0 aromatic heterocycles. The Morgan fingerprint density at radius 3 is 2.31 bits per heavy atom. The third-order valence-electron chi connectivity index (χ3n) is 4.64. The summed E-state index contributed by atoms with van der Waals surface area (Å²) in [4.78, 5) is 2.57. The Bertz CT molecular complexity index is 191. The first-order valence-electron chi connectivity index (χ1n) is 7.28. The van der Waals surface area contributed by atoms with Crippen LogP contribution in [0.25, 0.3) is 0 Å². The Labute approximate surface area is 101 Å². The van der Waals surface area contributed by atoms with Crippen LogP contribution in [-0.2, 0) is 0 Å². The second-order valence-electron chi connectivity index (χ2n) is 5.71. The predicted octanol–water partition coefficient (Wildman–Crippen LogP) is 2.64. The van der Waals surface area contributed by atoms with Crippen molar-refractivity contribution in [2.24, 2.45) is 5.92 Å². The summed E-state index contributed by atoms with van der Waals surface area (Å²) in [5.74, 6) is 0.962. The maximum atomic E-state index is 3.88. The van der Waals surface area contributed by atoms with Crippen LogP contribution in [0.5, 0.6) is 0 Å². The second-order valence-corrected chi connectivity index (χ2v) is 5.71. The van der Waals surface area contributed by atoms with Gasteiger partial charge < -0.3 is 10.2 Å². The van der Waals surface area contributed by atoms with Crippen molar-refractivity contribution in [2.45, 2.75) is 64.5 Å². The number of nitrogens with one attached hydrogen (secondary N) is 1. The number of nitrogens with zero attached hydrogens (tertiary/aromatic N) is 1. The van der Waals surface area contributed by atoms with Crippen LogP contribution >= 0.6 is 0 Å². The molecule has 1 aliphatic heterocycles. The fourth-order valence-corrected chi connectivity index (χ4v) is 3.38. The molecule has 0 radical (unpaired) electrons. The van der Waals surface area contributed by atoms with E-state index >= 15 is 0 Å². The fourth-order valence-electron chi connectivity index (χ4n) is 3.38. The quantitative estimate of drug-likeness (QED) is 0.790. The molecule has 1 heterocycles. The molecule has 0 bridgehead atoms. The molecule has 1 saturated heterocycles. The van der Waals surface area contributed by atoms with Crippen LogP contribution in [0.3, 0.4) is 0 Å². The van der Waals surface area contributed by atoms with E-state index in [-0.39, 0.29) is 0 Å². The van der Waals surface area contributed by atoms with E-state index in [1.54, 1.807) is 0 Å². The van der Waals surface area contributed by atoms with E-state index in [4.69, 9.17) is 0 Å². The van der Waals surface area contributed by atoms with E-state index in [2.05, 4.69) is 24.1 Å². The van der Waals surface area contributed by atoms with Crippen LogP contribution in [0.15, 0.2) is 0 Å². The second kappa shape index (κ2) is 6.02. The molecule has 1 unspecified atom stereocenters. The summed E-state index contributed by atoms with van der Waals surface area (Å²) in [6.07, 6.45) is 8.55. The standard InChI is InChI=1S/C14H28N2/c1-3-16-10-8-14(9-11-16)15-12(2)13-6-4-5-7-13/h12-15H,3-11H2,1-2H3. The van der Waals surface area contributed by atoms with E-state index in [0.29, 0.717) is 0 Å². The fraction of sp³-hybridized carbons (Fsp3) is 1.00. The van der Waals surface area contributed by atoms with Gasteiger partial charge in [0.2, 0.25) is 0 Å². The highest BCUT2D eigenvalue weighted by molar-refractivity contribution is 4.83. The van der Waals surface area contributed by atoms with Gasteiger partial charge in [-0.15, -0.1) is 0 Å². The minimum Gasteiger partial charge on any atom is -0.311 e. The molecule has 1 saturated carbocycles. The van der Waals surface area contributed by atoms with Crippen molar-refractivity contribution in [3.05, 3.63) is 0 Å². The third-order valence-corrected chi connectivity index (χ3v) is 4.64. The lowest BCUT2D eigenvalue weighted by atomic mass is 9.96. The van der Waals surface area contributed by atoms with Crippen molar-refractivity contribution in [1.29, 1.82) is 0 Å². The highest BCUT2D eigenvalue weighted by atomic mass is 15.1. The van der Waals surface area contributed by atoms with Gasteiger partial charge in [-0.2, -0.15) is 0 Å². The first-order valence-corrected chi connectivity index (χ1v) is 7.28. The van der Waals surface area contributed by atoms with Crippen molar-refractivity contribution in [3.8, 4) is 0 Å². The molecule has 16 heavy (non-hydrogen) atoms. The number of hydrogen-bond acceptors (Lipinski definition) is 2. The van der Waals surface area contributed by atoms with E-state index in [9.17, 15) is 0 Å². The largest absolute Gasteiger partial charge is 0.311 e. The lowest BCUT2D eigenvalue weighted by molar-refractivity contribution is 0.191. The van der Waals surface area contributed by atoms with Crippen molar-refractivity contribution in [2.75, 3.05) is 19.6 Å². The zero-order valence-corrected chi connectivity index (χ0v) is 11.0. The average molecular weight is 224 g/mol. The maximum absolute atomic E-state index is 3.88. The molecular weight excluding hydrogens is 196 g/mol.